The number of nitrogens with zero attached hydrogens (tertiary/aromatic N) is 2. The molecular formula is C15H17N3OS. The van der Waals surface area contributed by atoms with Gasteiger partial charge in [-0.1, -0.05) is 6.07 Å². The predicted molar refractivity (Wildman–Crippen MR) is 79.5 cm³/mol. The second-order valence-electron chi connectivity index (χ2n) is 4.91. The van der Waals surface area contributed by atoms with Crippen LogP contribution in [0.5, 0.6) is 0 Å². The van der Waals surface area contributed by atoms with Crippen molar-refractivity contribution in [2.24, 2.45) is 5.73 Å². The molecule has 3 heterocycles. The van der Waals surface area contributed by atoms with Crippen LogP contribution in [0.15, 0.2) is 35.8 Å². The van der Waals surface area contributed by atoms with Crippen LogP contribution in [0, 0.1) is 0 Å². The third kappa shape index (κ3) is 2.46. The van der Waals surface area contributed by atoms with Gasteiger partial charge < -0.3 is 10.6 Å². The number of hydrogen-bond donors (Lipinski definition) is 1. The fourth-order valence-corrected chi connectivity index (χ4v) is 3.55. The van der Waals surface area contributed by atoms with Crippen LogP contribution in [0.2, 0.25) is 0 Å². The van der Waals surface area contributed by atoms with Crippen molar-refractivity contribution in [1.29, 1.82) is 0 Å². The van der Waals surface area contributed by atoms with Crippen LogP contribution in [0.3, 0.4) is 0 Å². The number of rotatable bonds is 3. The topological polar surface area (TPSA) is 59.2 Å². The van der Waals surface area contributed by atoms with E-state index in [0.29, 0.717) is 12.1 Å². The normalized spacial score (nSPS) is 18.4. The monoisotopic (exact) mass is 287 g/mol. The SMILES string of the molecule is NCc1cc(C(=O)N2CCCC2c2cccs2)ccn1. The Hall–Kier alpha value is -1.72. The van der Waals surface area contributed by atoms with E-state index in [0.717, 1.165) is 25.1 Å². The maximum absolute atomic E-state index is 12.7. The molecule has 1 amide bonds. The van der Waals surface area contributed by atoms with E-state index in [2.05, 4.69) is 16.4 Å². The summed E-state index contributed by atoms with van der Waals surface area (Å²) >= 11 is 1.72. The molecule has 0 aliphatic carbocycles. The lowest BCUT2D eigenvalue weighted by molar-refractivity contribution is 0.0737. The maximum atomic E-state index is 12.7. The van der Waals surface area contributed by atoms with Crippen LogP contribution in [-0.2, 0) is 6.54 Å². The molecule has 1 aliphatic rings. The Labute approximate surface area is 122 Å². The largest absolute Gasteiger partial charge is 0.331 e. The molecule has 0 aromatic carbocycles. The minimum absolute atomic E-state index is 0.0815. The minimum atomic E-state index is 0.0815. The molecule has 2 aromatic heterocycles. The van der Waals surface area contributed by atoms with Gasteiger partial charge in [0.15, 0.2) is 0 Å². The molecule has 1 atom stereocenters. The number of carbonyl (C=O) groups excluding carboxylic acids is 1. The number of likely N-dealkylation sites (tertiary alicyclic amines) is 1. The highest BCUT2D eigenvalue weighted by Gasteiger charge is 2.31. The molecule has 1 saturated heterocycles. The van der Waals surface area contributed by atoms with E-state index in [1.807, 2.05) is 11.0 Å². The third-order valence-corrected chi connectivity index (χ3v) is 4.63. The summed E-state index contributed by atoms with van der Waals surface area (Å²) in [6, 6.07) is 7.94. The molecular weight excluding hydrogens is 270 g/mol. The van der Waals surface area contributed by atoms with Crippen molar-refractivity contribution in [2.75, 3.05) is 6.54 Å². The fourth-order valence-electron chi connectivity index (χ4n) is 2.68. The van der Waals surface area contributed by atoms with E-state index in [-0.39, 0.29) is 11.9 Å². The van der Waals surface area contributed by atoms with Crippen molar-refractivity contribution >= 4 is 17.2 Å². The Bertz CT molecular complexity index is 597. The van der Waals surface area contributed by atoms with Crippen LogP contribution >= 0.6 is 11.3 Å². The lowest BCUT2D eigenvalue weighted by atomic mass is 10.1. The Morgan fingerprint density at radius 2 is 2.40 bits per heavy atom. The highest BCUT2D eigenvalue weighted by Crippen LogP contribution is 2.35. The highest BCUT2D eigenvalue weighted by molar-refractivity contribution is 7.10. The Morgan fingerprint density at radius 3 is 3.15 bits per heavy atom. The molecule has 3 rings (SSSR count). The van der Waals surface area contributed by atoms with E-state index < -0.39 is 0 Å². The second kappa shape index (κ2) is 5.73. The summed E-state index contributed by atoms with van der Waals surface area (Å²) in [6.07, 6.45) is 3.76. The number of pyridine rings is 1. The summed E-state index contributed by atoms with van der Waals surface area (Å²) in [4.78, 5) is 20.1. The molecule has 1 fully saturated rings. The zero-order valence-electron chi connectivity index (χ0n) is 11.2. The van der Waals surface area contributed by atoms with Gasteiger partial charge in [0.2, 0.25) is 0 Å². The van der Waals surface area contributed by atoms with Crippen molar-refractivity contribution < 1.29 is 4.79 Å². The smallest absolute Gasteiger partial charge is 0.254 e. The summed E-state index contributed by atoms with van der Waals surface area (Å²) in [7, 11) is 0. The quantitative estimate of drug-likeness (QED) is 0.944. The molecule has 0 saturated carbocycles. The van der Waals surface area contributed by atoms with Crippen molar-refractivity contribution in [3.63, 3.8) is 0 Å². The Kier molecular flexibility index (Phi) is 3.80. The second-order valence-corrected chi connectivity index (χ2v) is 5.89. The van der Waals surface area contributed by atoms with Crippen LogP contribution in [-0.4, -0.2) is 22.3 Å². The fraction of sp³-hybridized carbons (Fsp3) is 0.333. The van der Waals surface area contributed by atoms with Gasteiger partial charge in [-0.15, -0.1) is 11.3 Å². The molecule has 0 spiro atoms. The van der Waals surface area contributed by atoms with Gasteiger partial charge in [-0.05, 0) is 36.4 Å². The van der Waals surface area contributed by atoms with Crippen LogP contribution < -0.4 is 5.73 Å². The molecule has 5 heteroatoms. The first kappa shape index (κ1) is 13.3. The van der Waals surface area contributed by atoms with Gasteiger partial charge in [0.05, 0.1) is 11.7 Å². The van der Waals surface area contributed by atoms with Gasteiger partial charge in [0.25, 0.3) is 5.91 Å². The molecule has 1 aliphatic heterocycles. The summed E-state index contributed by atoms with van der Waals surface area (Å²) in [5.41, 5.74) is 7.03. The van der Waals surface area contributed by atoms with Crippen molar-refractivity contribution in [1.82, 2.24) is 9.88 Å². The number of hydrogen-bond acceptors (Lipinski definition) is 4. The highest BCUT2D eigenvalue weighted by atomic mass is 32.1. The number of nitrogens with two attached hydrogens (primary N) is 1. The summed E-state index contributed by atoms with van der Waals surface area (Å²) in [6.45, 7) is 1.18. The van der Waals surface area contributed by atoms with Crippen LogP contribution in [0.4, 0.5) is 0 Å². The zero-order valence-corrected chi connectivity index (χ0v) is 12.0. The van der Waals surface area contributed by atoms with E-state index in [4.69, 9.17) is 5.73 Å². The molecule has 1 unspecified atom stereocenters. The first-order valence-corrected chi connectivity index (χ1v) is 7.67. The summed E-state index contributed by atoms with van der Waals surface area (Å²) in [5, 5.41) is 2.06. The van der Waals surface area contributed by atoms with Crippen molar-refractivity contribution in [3.05, 3.63) is 52.0 Å². The molecule has 0 bridgehead atoms. The van der Waals surface area contributed by atoms with Gasteiger partial charge >= 0.3 is 0 Å². The number of carbonyl (C=O) groups is 1. The van der Waals surface area contributed by atoms with Crippen molar-refractivity contribution in [2.45, 2.75) is 25.4 Å². The maximum Gasteiger partial charge on any atom is 0.254 e. The molecule has 0 radical (unpaired) electrons. The first-order chi connectivity index (χ1) is 9.79. The van der Waals surface area contributed by atoms with E-state index in [1.54, 1.807) is 29.7 Å². The molecule has 2 N–H and O–H groups in total. The zero-order chi connectivity index (χ0) is 13.9. The summed E-state index contributed by atoms with van der Waals surface area (Å²) < 4.78 is 0. The van der Waals surface area contributed by atoms with Gasteiger partial charge in [-0.25, -0.2) is 0 Å². The van der Waals surface area contributed by atoms with Crippen LogP contribution in [0.25, 0.3) is 0 Å². The van der Waals surface area contributed by atoms with E-state index >= 15 is 0 Å². The van der Waals surface area contributed by atoms with Gasteiger partial charge in [-0.3, -0.25) is 9.78 Å². The predicted octanol–water partition coefficient (Wildman–Crippen LogP) is 2.58. The van der Waals surface area contributed by atoms with Crippen molar-refractivity contribution in [3.8, 4) is 0 Å². The standard InChI is InChI=1S/C15H17N3OS/c16-10-12-9-11(5-6-17-12)15(19)18-7-1-3-13(18)14-4-2-8-20-14/h2,4-6,8-9,13H,1,3,7,10,16H2. The average molecular weight is 287 g/mol. The number of aromatic nitrogens is 1. The summed E-state index contributed by atoms with van der Waals surface area (Å²) in [5.74, 6) is 0.0815. The molecule has 4 nitrogen and oxygen atoms in total. The van der Waals surface area contributed by atoms with Gasteiger partial charge in [-0.2, -0.15) is 0 Å². The number of thiophene rings is 1. The molecule has 104 valence electrons. The molecule has 20 heavy (non-hydrogen) atoms. The average Bonchev–Trinajstić information content (AvgIpc) is 3.16. The van der Waals surface area contributed by atoms with E-state index in [9.17, 15) is 4.79 Å². The Balaban J connectivity index is 1.85. The Morgan fingerprint density at radius 1 is 1.50 bits per heavy atom. The van der Waals surface area contributed by atoms with Gasteiger partial charge in [0, 0.05) is 29.7 Å². The first-order valence-electron chi connectivity index (χ1n) is 6.79. The van der Waals surface area contributed by atoms with Crippen LogP contribution in [0.1, 0.15) is 39.8 Å². The number of amides is 1. The van der Waals surface area contributed by atoms with Gasteiger partial charge in [0.1, 0.15) is 0 Å². The lowest BCUT2D eigenvalue weighted by Gasteiger charge is -2.24. The minimum Gasteiger partial charge on any atom is -0.331 e. The molecule has 2 aromatic rings. The van der Waals surface area contributed by atoms with E-state index in [1.165, 1.54) is 4.88 Å². The third-order valence-electron chi connectivity index (χ3n) is 3.66. The lowest BCUT2D eigenvalue weighted by Crippen LogP contribution is -2.30.